The molecule has 152 valence electrons. The highest BCUT2D eigenvalue weighted by molar-refractivity contribution is 7.89. The maximum Gasteiger partial charge on any atom is 0.238 e. The summed E-state index contributed by atoms with van der Waals surface area (Å²) in [5.41, 5.74) is 8.57. The molecular formula is C18H21Cl2FN4O2S. The molecule has 0 fully saturated rings. The van der Waals surface area contributed by atoms with Crippen molar-refractivity contribution in [2.24, 2.45) is 10.9 Å². The van der Waals surface area contributed by atoms with E-state index in [2.05, 4.69) is 4.98 Å². The molecule has 1 aromatic carbocycles. The SMILES string of the molecule is Cc1c(-c2ccncc2)c2cc(S(N)(=O)=O)ccc2n1CC(F)=CCN.Cl.Cl. The van der Waals surface area contributed by atoms with Gasteiger partial charge in [0.05, 0.1) is 11.4 Å². The zero-order chi connectivity index (χ0) is 18.9. The van der Waals surface area contributed by atoms with E-state index in [-0.39, 0.29) is 48.6 Å². The fraction of sp³-hybridized carbons (Fsp3) is 0.167. The topological polar surface area (TPSA) is 104 Å². The number of primary sulfonamides is 1. The molecule has 0 aliphatic heterocycles. The quantitative estimate of drug-likeness (QED) is 0.626. The molecular weight excluding hydrogens is 426 g/mol. The first-order chi connectivity index (χ1) is 12.3. The van der Waals surface area contributed by atoms with E-state index < -0.39 is 10.0 Å². The monoisotopic (exact) mass is 446 g/mol. The molecule has 2 aromatic heterocycles. The van der Waals surface area contributed by atoms with Crippen LogP contribution in [0.1, 0.15) is 5.69 Å². The fourth-order valence-corrected chi connectivity index (χ4v) is 3.61. The largest absolute Gasteiger partial charge is 0.337 e. The third-order valence-corrected chi connectivity index (χ3v) is 5.15. The van der Waals surface area contributed by atoms with Crippen molar-refractivity contribution < 1.29 is 12.8 Å². The lowest BCUT2D eigenvalue weighted by atomic mass is 10.0. The van der Waals surface area contributed by atoms with E-state index in [1.807, 2.05) is 19.1 Å². The Morgan fingerprint density at radius 1 is 1.21 bits per heavy atom. The molecule has 0 saturated heterocycles. The predicted octanol–water partition coefficient (Wildman–Crippen LogP) is 3.31. The number of rotatable bonds is 5. The van der Waals surface area contributed by atoms with Crippen LogP contribution >= 0.6 is 24.8 Å². The van der Waals surface area contributed by atoms with E-state index in [4.69, 9.17) is 10.9 Å². The minimum Gasteiger partial charge on any atom is -0.337 e. The molecule has 3 rings (SSSR count). The zero-order valence-electron chi connectivity index (χ0n) is 15.0. The molecule has 0 saturated carbocycles. The first-order valence-electron chi connectivity index (χ1n) is 7.93. The van der Waals surface area contributed by atoms with Crippen LogP contribution in [-0.4, -0.2) is 24.5 Å². The minimum absolute atomic E-state index is 0. The van der Waals surface area contributed by atoms with Crippen molar-refractivity contribution in [3.63, 3.8) is 0 Å². The molecule has 2 heterocycles. The maximum absolute atomic E-state index is 14.1. The first-order valence-corrected chi connectivity index (χ1v) is 9.48. The minimum atomic E-state index is -3.85. The number of halogens is 3. The Hall–Kier alpha value is -1.97. The zero-order valence-corrected chi connectivity index (χ0v) is 17.5. The second kappa shape index (κ2) is 9.49. The van der Waals surface area contributed by atoms with Crippen molar-refractivity contribution in [1.29, 1.82) is 0 Å². The molecule has 0 radical (unpaired) electrons. The Balaban J connectivity index is 0.00000196. The highest BCUT2D eigenvalue weighted by Crippen LogP contribution is 2.36. The van der Waals surface area contributed by atoms with E-state index in [1.165, 1.54) is 18.2 Å². The number of aromatic nitrogens is 2. The second-order valence-electron chi connectivity index (χ2n) is 5.89. The summed E-state index contributed by atoms with van der Waals surface area (Å²) in [4.78, 5) is 4.02. The Morgan fingerprint density at radius 3 is 2.43 bits per heavy atom. The molecule has 0 bridgehead atoms. The van der Waals surface area contributed by atoms with Crippen molar-refractivity contribution in [3.05, 3.63) is 60.3 Å². The first kappa shape index (κ1) is 24.1. The smallest absolute Gasteiger partial charge is 0.238 e. The average Bonchev–Trinajstić information content (AvgIpc) is 2.86. The summed E-state index contributed by atoms with van der Waals surface area (Å²) in [5.74, 6) is -0.357. The van der Waals surface area contributed by atoms with Crippen LogP contribution in [0.3, 0.4) is 0 Å². The summed E-state index contributed by atoms with van der Waals surface area (Å²) in [6, 6.07) is 8.23. The van der Waals surface area contributed by atoms with E-state index in [0.717, 1.165) is 16.8 Å². The third kappa shape index (κ3) is 4.71. The van der Waals surface area contributed by atoms with Gasteiger partial charge in [0.15, 0.2) is 0 Å². The lowest BCUT2D eigenvalue weighted by molar-refractivity contribution is 0.555. The van der Waals surface area contributed by atoms with E-state index in [0.29, 0.717) is 10.9 Å². The van der Waals surface area contributed by atoms with Gasteiger partial charge in [0.1, 0.15) is 5.83 Å². The fourth-order valence-electron chi connectivity index (χ4n) is 3.07. The number of hydrogen-bond donors (Lipinski definition) is 2. The lowest BCUT2D eigenvalue weighted by Crippen LogP contribution is -2.11. The number of pyridine rings is 1. The molecule has 3 aromatic rings. The van der Waals surface area contributed by atoms with Gasteiger partial charge in [-0.2, -0.15) is 0 Å². The predicted molar refractivity (Wildman–Crippen MR) is 114 cm³/mol. The third-order valence-electron chi connectivity index (χ3n) is 4.24. The van der Waals surface area contributed by atoms with Crippen LogP contribution < -0.4 is 10.9 Å². The summed E-state index contributed by atoms with van der Waals surface area (Å²) in [7, 11) is -3.85. The molecule has 4 N–H and O–H groups in total. The Bertz CT molecular complexity index is 1100. The van der Waals surface area contributed by atoms with Crippen molar-refractivity contribution in [2.75, 3.05) is 6.54 Å². The summed E-state index contributed by atoms with van der Waals surface area (Å²) in [6.45, 7) is 1.98. The molecule has 10 heteroatoms. The van der Waals surface area contributed by atoms with Crippen LogP contribution in [0.15, 0.2) is 59.5 Å². The van der Waals surface area contributed by atoms with Crippen molar-refractivity contribution >= 4 is 45.7 Å². The molecule has 28 heavy (non-hydrogen) atoms. The molecule has 0 atom stereocenters. The van der Waals surface area contributed by atoms with Crippen molar-refractivity contribution in [1.82, 2.24) is 9.55 Å². The summed E-state index contributed by atoms with van der Waals surface area (Å²) >= 11 is 0. The molecule has 0 aliphatic rings. The number of benzene rings is 1. The number of nitrogens with zero attached hydrogens (tertiary/aromatic N) is 2. The molecule has 0 unspecified atom stereocenters. The van der Waals surface area contributed by atoms with Gasteiger partial charge in [-0.1, -0.05) is 0 Å². The van der Waals surface area contributed by atoms with Gasteiger partial charge in [0.2, 0.25) is 10.0 Å². The summed E-state index contributed by atoms with van der Waals surface area (Å²) in [5, 5.41) is 5.96. The Morgan fingerprint density at radius 2 is 1.86 bits per heavy atom. The normalized spacial score (nSPS) is 11.8. The van der Waals surface area contributed by atoms with Crippen molar-refractivity contribution in [2.45, 2.75) is 18.4 Å². The molecule has 0 spiro atoms. The van der Waals surface area contributed by atoms with Gasteiger partial charge in [-0.15, -0.1) is 24.8 Å². The Kier molecular flexibility index (Phi) is 8.16. The van der Waals surface area contributed by atoms with E-state index in [1.54, 1.807) is 23.0 Å². The van der Waals surface area contributed by atoms with Gasteiger partial charge in [0, 0.05) is 41.1 Å². The van der Waals surface area contributed by atoms with Crippen LogP contribution in [0.2, 0.25) is 0 Å². The van der Waals surface area contributed by atoms with E-state index in [9.17, 15) is 12.8 Å². The number of fused-ring (bicyclic) bond motifs is 1. The number of nitrogens with two attached hydrogens (primary N) is 2. The van der Waals surface area contributed by atoms with Crippen LogP contribution in [0.5, 0.6) is 0 Å². The van der Waals surface area contributed by atoms with Gasteiger partial charge in [0.25, 0.3) is 0 Å². The van der Waals surface area contributed by atoms with Crippen LogP contribution in [0.25, 0.3) is 22.0 Å². The van der Waals surface area contributed by atoms with E-state index >= 15 is 0 Å². The highest BCUT2D eigenvalue weighted by atomic mass is 35.5. The molecule has 6 nitrogen and oxygen atoms in total. The lowest BCUT2D eigenvalue weighted by Gasteiger charge is -2.07. The van der Waals surface area contributed by atoms with Gasteiger partial charge in [-0.3, -0.25) is 4.98 Å². The van der Waals surface area contributed by atoms with Gasteiger partial charge in [-0.05, 0) is 48.9 Å². The average molecular weight is 447 g/mol. The van der Waals surface area contributed by atoms with Gasteiger partial charge in [-0.25, -0.2) is 17.9 Å². The standard InChI is InChI=1S/C18H19FN4O2S.2ClH/c1-12-18(13-5-8-22-9-6-13)16-10-15(26(21,24)25)2-3-17(16)23(12)11-14(19)4-7-20;;/h2-6,8-10H,7,11,20H2,1H3,(H2,21,24,25);2*1H. The second-order valence-corrected chi connectivity index (χ2v) is 7.45. The molecule has 0 aliphatic carbocycles. The van der Waals surface area contributed by atoms with Crippen LogP contribution in [0, 0.1) is 6.92 Å². The summed E-state index contributed by atoms with van der Waals surface area (Å²) in [6.07, 6.45) is 4.61. The maximum atomic E-state index is 14.1. The molecule has 0 amide bonds. The van der Waals surface area contributed by atoms with Gasteiger partial charge >= 0.3 is 0 Å². The van der Waals surface area contributed by atoms with Crippen LogP contribution in [-0.2, 0) is 16.6 Å². The summed E-state index contributed by atoms with van der Waals surface area (Å²) < 4.78 is 39.4. The Labute approximate surface area is 175 Å². The number of allylic oxidation sites excluding steroid dienone is 1. The number of hydrogen-bond acceptors (Lipinski definition) is 4. The highest BCUT2D eigenvalue weighted by Gasteiger charge is 2.19. The van der Waals surface area contributed by atoms with Crippen molar-refractivity contribution in [3.8, 4) is 11.1 Å². The van der Waals surface area contributed by atoms with Gasteiger partial charge < -0.3 is 10.3 Å². The van der Waals surface area contributed by atoms with Crippen LogP contribution in [0.4, 0.5) is 4.39 Å². The number of sulfonamides is 1.